The molecular formula is C86H156N10O4. The molecule has 3 aliphatic rings. The molecule has 0 amide bonds. The van der Waals surface area contributed by atoms with E-state index in [1.165, 1.54) is 59.1 Å². The Balaban J connectivity index is -0.0000000956. The number of aryl methyl sites for hydroxylation is 16. The first kappa shape index (κ1) is 117. The van der Waals surface area contributed by atoms with E-state index < -0.39 is 0 Å². The summed E-state index contributed by atoms with van der Waals surface area (Å²) < 4.78 is 20.7. The van der Waals surface area contributed by atoms with Crippen LogP contribution in [0.3, 0.4) is 0 Å². The van der Waals surface area contributed by atoms with Gasteiger partial charge in [-0.3, -0.25) is 19.9 Å². The Hall–Kier alpha value is -7.10. The number of benzene rings is 2. The van der Waals surface area contributed by atoms with Gasteiger partial charge in [-0.1, -0.05) is 224 Å². The molecule has 14 heteroatoms. The van der Waals surface area contributed by atoms with Gasteiger partial charge in [0, 0.05) is 72.8 Å². The Morgan fingerprint density at radius 2 is 0.430 bits per heavy atom. The monoisotopic (exact) mass is 1390 g/mol. The van der Waals surface area contributed by atoms with Gasteiger partial charge >= 0.3 is 0 Å². The highest BCUT2D eigenvalue weighted by atomic mass is 16.7. The van der Waals surface area contributed by atoms with E-state index in [1.807, 2.05) is 172 Å². The van der Waals surface area contributed by atoms with Crippen LogP contribution in [0.25, 0.3) is 0 Å². The van der Waals surface area contributed by atoms with E-state index in [1.54, 1.807) is 12.4 Å². The van der Waals surface area contributed by atoms with Crippen LogP contribution >= 0.6 is 0 Å². The molecule has 574 valence electrons. The zero-order valence-electron chi connectivity index (χ0n) is 59.9. The molecule has 3 fully saturated rings. The second-order valence-electron chi connectivity index (χ2n) is 23.5. The summed E-state index contributed by atoms with van der Waals surface area (Å²) in [6, 6.07) is 29.0. The summed E-state index contributed by atoms with van der Waals surface area (Å²) in [6.45, 7) is 52.0. The van der Waals surface area contributed by atoms with Crippen molar-refractivity contribution in [3.8, 4) is 0 Å². The Bertz CT molecular complexity index is 2140. The minimum Gasteiger partial charge on any atom is -0.353 e. The van der Waals surface area contributed by atoms with Crippen molar-refractivity contribution in [2.24, 2.45) is 23.7 Å². The lowest BCUT2D eigenvalue weighted by Crippen LogP contribution is -2.27. The van der Waals surface area contributed by atoms with Crippen molar-refractivity contribution in [3.05, 3.63) is 225 Å². The summed E-state index contributed by atoms with van der Waals surface area (Å²) in [5.41, 5.74) is 16.0. The lowest BCUT2D eigenvalue weighted by atomic mass is 9.84. The topological polar surface area (TPSA) is 166 Å². The van der Waals surface area contributed by atoms with Crippen molar-refractivity contribution in [3.63, 3.8) is 0 Å². The summed E-state index contributed by atoms with van der Waals surface area (Å²) in [7, 11) is 0. The minimum atomic E-state index is 0. The number of aromatic nitrogens is 10. The summed E-state index contributed by atoms with van der Waals surface area (Å²) in [5.74, 6) is 4.85. The third-order valence-corrected chi connectivity index (χ3v) is 13.0. The van der Waals surface area contributed by atoms with Crippen molar-refractivity contribution < 1.29 is 18.9 Å². The average molecular weight is 1390 g/mol. The number of hydrogen-bond acceptors (Lipinski definition) is 14. The molecule has 2 aromatic carbocycles. The van der Waals surface area contributed by atoms with Gasteiger partial charge in [0.25, 0.3) is 0 Å². The fourth-order valence-corrected chi connectivity index (χ4v) is 7.01. The molecule has 0 atom stereocenters. The van der Waals surface area contributed by atoms with E-state index in [4.69, 9.17) is 18.9 Å². The van der Waals surface area contributed by atoms with Gasteiger partial charge < -0.3 is 18.9 Å². The van der Waals surface area contributed by atoms with Crippen LogP contribution < -0.4 is 0 Å². The first-order chi connectivity index (χ1) is 42.7. The predicted octanol–water partition coefficient (Wildman–Crippen LogP) is 24.6. The standard InChI is InChI=1S/C8H16.2C8H10.2C7H9N.4C6H8N2.2C6H12O2.C2H6.10CH4/c3*1-7-3-5-8(2)6-4-7;2*1-6-3-4-7(2)8-5-6;1-5-3-8-6(2)4-7-5;2*1-5-3-7-6(2)8-4-5;1-5-3-4-6(2)8-7-5;2*1-5-3-7-6(2)8-4-5;1-2;;;;;;;;;;/h7-8H,3-6H2,1-2H3;2*3-6H,1-2H3;2*3-5H,1-2H3;4*3-4H,1-2H3;2*5-6H,3-4H2,1-2H3;1-2H3;10*1H4. The highest BCUT2D eigenvalue weighted by Crippen LogP contribution is 2.27. The van der Waals surface area contributed by atoms with Gasteiger partial charge in [0.15, 0.2) is 12.6 Å². The Morgan fingerprint density at radius 1 is 0.230 bits per heavy atom. The highest BCUT2D eigenvalue weighted by Gasteiger charge is 2.15. The highest BCUT2D eigenvalue weighted by molar-refractivity contribution is 5.20. The van der Waals surface area contributed by atoms with Crippen molar-refractivity contribution >= 4 is 0 Å². The maximum Gasteiger partial charge on any atom is 0.154 e. The van der Waals surface area contributed by atoms with E-state index in [0.717, 1.165) is 95.2 Å². The van der Waals surface area contributed by atoms with Crippen molar-refractivity contribution in [2.75, 3.05) is 26.4 Å². The quantitative estimate of drug-likeness (QED) is 0.141. The molecule has 1 saturated carbocycles. The number of rotatable bonds is 0. The molecule has 2 saturated heterocycles. The Labute approximate surface area is 619 Å². The Morgan fingerprint density at radius 3 is 0.600 bits per heavy atom. The lowest BCUT2D eigenvalue weighted by molar-refractivity contribution is -0.187. The first-order valence-electron chi connectivity index (χ1n) is 32.0. The molecule has 14 nitrogen and oxygen atoms in total. The molecule has 0 N–H and O–H groups in total. The molecule has 8 aromatic rings. The van der Waals surface area contributed by atoms with Crippen molar-refractivity contribution in [1.82, 2.24) is 50.1 Å². The fraction of sp³-hybridized carbons (Fsp3) is 0.558. The molecule has 0 radical (unpaired) electrons. The number of nitrogens with zero attached hydrogens (tertiary/aromatic N) is 10. The van der Waals surface area contributed by atoms with Crippen LogP contribution in [-0.4, -0.2) is 89.1 Å². The van der Waals surface area contributed by atoms with Gasteiger partial charge in [-0.25, -0.2) is 19.9 Å². The normalized spacial score (nSPS) is 15.5. The van der Waals surface area contributed by atoms with Gasteiger partial charge in [-0.05, 0) is 183 Å². The zero-order chi connectivity index (χ0) is 67.8. The third-order valence-electron chi connectivity index (χ3n) is 13.0. The van der Waals surface area contributed by atoms with Gasteiger partial charge in [0.1, 0.15) is 11.6 Å². The van der Waals surface area contributed by atoms with Gasteiger partial charge in [-0.2, -0.15) is 10.2 Å². The average Bonchev–Trinajstić information content (AvgIpc) is 3.72. The number of hydrogen-bond donors (Lipinski definition) is 0. The molecule has 2 aliphatic heterocycles. The molecule has 11 rings (SSSR count). The van der Waals surface area contributed by atoms with Crippen LogP contribution in [0.4, 0.5) is 0 Å². The molecular weight excluding hydrogens is 1240 g/mol. The lowest BCUT2D eigenvalue weighted by Gasteiger charge is -2.24. The number of ether oxygens (including phenoxy) is 4. The minimum absolute atomic E-state index is 0. The van der Waals surface area contributed by atoms with Crippen LogP contribution in [0.1, 0.15) is 246 Å². The summed E-state index contributed by atoms with van der Waals surface area (Å²) in [6.07, 6.45) is 20.4. The van der Waals surface area contributed by atoms with E-state index >= 15 is 0 Å². The SMILES string of the molecule is C.C.C.C.C.C.C.C.C.C.CC.CC1CCC(C)CC1.CC1COC(C)OC1.CC1COC(C)OC1.Cc1ccc(C)cc1.Cc1ccc(C)cc1.Cc1ccc(C)nc1.Cc1ccc(C)nc1.Cc1ccc(C)nn1.Cc1cnc(C)cn1.Cc1cnc(C)nc1.Cc1cnc(C)nc1. The van der Waals surface area contributed by atoms with Crippen LogP contribution in [0.2, 0.25) is 0 Å². The molecule has 100 heavy (non-hydrogen) atoms. The molecule has 0 bridgehead atoms. The fourth-order valence-electron chi connectivity index (χ4n) is 7.01. The Kier molecular flexibility index (Phi) is 83.9. The predicted molar refractivity (Wildman–Crippen MR) is 442 cm³/mol. The van der Waals surface area contributed by atoms with E-state index in [-0.39, 0.29) is 86.8 Å². The molecule has 1 aliphatic carbocycles. The van der Waals surface area contributed by atoms with Crippen molar-refractivity contribution in [2.45, 2.75) is 279 Å². The summed E-state index contributed by atoms with van der Waals surface area (Å²) in [4.78, 5) is 32.1. The number of pyridine rings is 2. The smallest absolute Gasteiger partial charge is 0.154 e. The summed E-state index contributed by atoms with van der Waals surface area (Å²) >= 11 is 0. The largest absolute Gasteiger partial charge is 0.353 e. The second-order valence-corrected chi connectivity index (χ2v) is 23.5. The van der Waals surface area contributed by atoms with Gasteiger partial charge in [0.05, 0.1) is 49.2 Å². The third kappa shape index (κ3) is 69.4. The van der Waals surface area contributed by atoms with E-state index in [0.29, 0.717) is 11.8 Å². The zero-order valence-corrected chi connectivity index (χ0v) is 59.9. The second kappa shape index (κ2) is 71.7. The molecule has 6 aromatic heterocycles. The molecule has 0 unspecified atom stereocenters. The van der Waals surface area contributed by atoms with Crippen LogP contribution in [0, 0.1) is 134 Å². The van der Waals surface area contributed by atoms with Crippen LogP contribution in [0.5, 0.6) is 0 Å². The maximum absolute atomic E-state index is 5.17. The summed E-state index contributed by atoms with van der Waals surface area (Å²) in [5, 5.41) is 7.66. The van der Waals surface area contributed by atoms with Crippen LogP contribution in [-0.2, 0) is 18.9 Å². The van der Waals surface area contributed by atoms with Gasteiger partial charge in [-0.15, -0.1) is 0 Å². The van der Waals surface area contributed by atoms with E-state index in [9.17, 15) is 0 Å². The maximum atomic E-state index is 5.17. The van der Waals surface area contributed by atoms with Gasteiger partial charge in [0.2, 0.25) is 0 Å². The van der Waals surface area contributed by atoms with E-state index in [2.05, 4.69) is 166 Å². The molecule has 8 heterocycles. The van der Waals surface area contributed by atoms with Crippen molar-refractivity contribution in [1.29, 1.82) is 0 Å². The van der Waals surface area contributed by atoms with Crippen LogP contribution in [0.15, 0.2) is 135 Å². The molecule has 0 spiro atoms. The first-order valence-corrected chi connectivity index (χ1v) is 32.0.